The lowest BCUT2D eigenvalue weighted by atomic mass is 10.0. The Kier molecular flexibility index (Phi) is 4.93. The zero-order chi connectivity index (χ0) is 17.9. The minimum Gasteiger partial charge on any atom is -0.338 e. The second kappa shape index (κ2) is 7.50. The molecule has 136 valence electrons. The summed E-state index contributed by atoms with van der Waals surface area (Å²) in [6.45, 7) is 2.20. The summed E-state index contributed by atoms with van der Waals surface area (Å²) in [5.74, 6) is 0.582. The quantitative estimate of drug-likeness (QED) is 0.920. The highest BCUT2D eigenvalue weighted by Gasteiger charge is 2.24. The molecule has 2 aromatic rings. The van der Waals surface area contributed by atoms with Gasteiger partial charge in [-0.1, -0.05) is 18.6 Å². The number of nitrogens with one attached hydrogen (secondary N) is 1. The van der Waals surface area contributed by atoms with Crippen LogP contribution in [0.2, 0.25) is 0 Å². The predicted molar refractivity (Wildman–Crippen MR) is 95.9 cm³/mol. The van der Waals surface area contributed by atoms with Crippen LogP contribution in [0.15, 0.2) is 30.5 Å². The summed E-state index contributed by atoms with van der Waals surface area (Å²) in [4.78, 5) is 23.7. The second-order valence-corrected chi connectivity index (χ2v) is 7.07. The first-order valence-electron chi connectivity index (χ1n) is 9.29. The van der Waals surface area contributed by atoms with E-state index in [0.717, 1.165) is 36.5 Å². The Labute approximate surface area is 152 Å². The van der Waals surface area contributed by atoms with E-state index in [-0.39, 0.29) is 24.2 Å². The molecule has 1 aromatic carbocycles. The molecule has 5 nitrogen and oxygen atoms in total. The van der Waals surface area contributed by atoms with Crippen LogP contribution in [0.25, 0.3) is 0 Å². The van der Waals surface area contributed by atoms with Gasteiger partial charge in [0.25, 0.3) is 0 Å². The van der Waals surface area contributed by atoms with Crippen molar-refractivity contribution in [3.8, 4) is 0 Å². The molecule has 1 amide bonds. The molecule has 1 saturated heterocycles. The van der Waals surface area contributed by atoms with Crippen LogP contribution in [0.5, 0.6) is 0 Å². The number of benzene rings is 1. The number of hydrogen-bond acceptors (Lipinski definition) is 4. The summed E-state index contributed by atoms with van der Waals surface area (Å²) in [7, 11) is 0. The first-order valence-corrected chi connectivity index (χ1v) is 9.29. The Bertz CT molecular complexity index is 804. The van der Waals surface area contributed by atoms with Crippen LogP contribution < -0.4 is 5.32 Å². The monoisotopic (exact) mass is 354 g/mol. The van der Waals surface area contributed by atoms with E-state index in [4.69, 9.17) is 4.98 Å². The highest BCUT2D eigenvalue weighted by molar-refractivity contribution is 5.79. The van der Waals surface area contributed by atoms with Crippen molar-refractivity contribution in [1.82, 2.24) is 20.2 Å². The Balaban J connectivity index is 1.43. The molecule has 0 unspecified atom stereocenters. The molecule has 3 heterocycles. The minimum absolute atomic E-state index is 0.0132. The predicted octanol–water partition coefficient (Wildman–Crippen LogP) is 2.56. The highest BCUT2D eigenvalue weighted by atomic mass is 19.1. The van der Waals surface area contributed by atoms with Gasteiger partial charge in [0.05, 0.1) is 18.2 Å². The standard InChI is InChI=1S/C20H23FN4O/c21-16-5-3-4-14(10-16)11-19(26)25-9-7-17-15(13-25)12-23-20(24-17)18-6-1-2-8-22-18/h3-5,10,12,18,22H,1-2,6-9,11,13H2/t18-/m0/s1. The number of hydrogen-bond donors (Lipinski definition) is 1. The smallest absolute Gasteiger partial charge is 0.227 e. The van der Waals surface area contributed by atoms with E-state index in [1.54, 1.807) is 12.1 Å². The van der Waals surface area contributed by atoms with Gasteiger partial charge in [-0.15, -0.1) is 0 Å². The largest absolute Gasteiger partial charge is 0.338 e. The first kappa shape index (κ1) is 17.1. The maximum Gasteiger partial charge on any atom is 0.227 e. The number of halogens is 1. The van der Waals surface area contributed by atoms with E-state index in [1.807, 2.05) is 11.1 Å². The van der Waals surface area contributed by atoms with Crippen molar-refractivity contribution in [2.24, 2.45) is 0 Å². The fourth-order valence-electron chi connectivity index (χ4n) is 3.72. The molecule has 4 rings (SSSR count). The third-order valence-electron chi connectivity index (χ3n) is 5.17. The van der Waals surface area contributed by atoms with Gasteiger partial charge in [0.15, 0.2) is 0 Å². The molecule has 2 aliphatic rings. The molecule has 1 aromatic heterocycles. The number of aromatic nitrogens is 2. The number of carbonyl (C=O) groups is 1. The van der Waals surface area contributed by atoms with Gasteiger partial charge in [-0.3, -0.25) is 4.79 Å². The van der Waals surface area contributed by atoms with Gasteiger partial charge in [0.2, 0.25) is 5.91 Å². The van der Waals surface area contributed by atoms with Crippen molar-refractivity contribution in [2.75, 3.05) is 13.1 Å². The van der Waals surface area contributed by atoms with Crippen LogP contribution in [0, 0.1) is 5.82 Å². The van der Waals surface area contributed by atoms with Gasteiger partial charge < -0.3 is 10.2 Å². The van der Waals surface area contributed by atoms with Crippen LogP contribution in [0.1, 0.15) is 47.9 Å². The normalized spacial score (nSPS) is 19.9. The van der Waals surface area contributed by atoms with E-state index >= 15 is 0 Å². The average Bonchev–Trinajstić information content (AvgIpc) is 2.68. The van der Waals surface area contributed by atoms with Crippen LogP contribution in [0.4, 0.5) is 4.39 Å². The molecule has 26 heavy (non-hydrogen) atoms. The minimum atomic E-state index is -0.309. The van der Waals surface area contributed by atoms with Crippen molar-refractivity contribution in [1.29, 1.82) is 0 Å². The van der Waals surface area contributed by atoms with Gasteiger partial charge >= 0.3 is 0 Å². The summed E-state index contributed by atoms with van der Waals surface area (Å²) in [6.07, 6.45) is 6.33. The fraction of sp³-hybridized carbons (Fsp3) is 0.450. The van der Waals surface area contributed by atoms with Gasteiger partial charge in [0.1, 0.15) is 11.6 Å². The number of fused-ring (bicyclic) bond motifs is 1. The molecular weight excluding hydrogens is 331 g/mol. The molecule has 1 fully saturated rings. The Hall–Kier alpha value is -2.34. The van der Waals surface area contributed by atoms with Crippen molar-refractivity contribution in [3.05, 3.63) is 58.9 Å². The molecule has 0 spiro atoms. The Morgan fingerprint density at radius 1 is 1.35 bits per heavy atom. The van der Waals surface area contributed by atoms with Crippen molar-refractivity contribution < 1.29 is 9.18 Å². The molecule has 0 saturated carbocycles. The SMILES string of the molecule is O=C(Cc1cccc(F)c1)N1CCc2nc([C@@H]3CCCCN3)ncc2C1. The molecule has 0 radical (unpaired) electrons. The van der Waals surface area contributed by atoms with Gasteiger partial charge in [0, 0.05) is 31.3 Å². The van der Waals surface area contributed by atoms with Crippen LogP contribution in [-0.2, 0) is 24.2 Å². The summed E-state index contributed by atoms with van der Waals surface area (Å²) in [5, 5.41) is 3.48. The molecular formula is C20H23FN4O. The van der Waals surface area contributed by atoms with Crippen molar-refractivity contribution in [3.63, 3.8) is 0 Å². The second-order valence-electron chi connectivity index (χ2n) is 7.07. The van der Waals surface area contributed by atoms with Gasteiger partial charge in [-0.05, 0) is 37.1 Å². The summed E-state index contributed by atoms with van der Waals surface area (Å²) >= 11 is 0. The molecule has 2 aliphatic heterocycles. The lowest BCUT2D eigenvalue weighted by Crippen LogP contribution is -2.38. The fourth-order valence-corrected chi connectivity index (χ4v) is 3.72. The van der Waals surface area contributed by atoms with Crippen molar-refractivity contribution in [2.45, 2.75) is 44.7 Å². The zero-order valence-corrected chi connectivity index (χ0v) is 14.7. The average molecular weight is 354 g/mol. The maximum atomic E-state index is 13.3. The Morgan fingerprint density at radius 3 is 3.08 bits per heavy atom. The molecule has 1 N–H and O–H groups in total. The lowest BCUT2D eigenvalue weighted by Gasteiger charge is -2.29. The topological polar surface area (TPSA) is 58.1 Å². The Morgan fingerprint density at radius 2 is 2.27 bits per heavy atom. The summed E-state index contributed by atoms with van der Waals surface area (Å²) in [6, 6.07) is 6.48. The number of nitrogens with zero attached hydrogens (tertiary/aromatic N) is 3. The zero-order valence-electron chi connectivity index (χ0n) is 14.7. The van der Waals surface area contributed by atoms with Gasteiger partial charge in [-0.2, -0.15) is 0 Å². The summed E-state index contributed by atoms with van der Waals surface area (Å²) in [5.41, 5.74) is 2.77. The number of piperidine rings is 1. The van der Waals surface area contributed by atoms with E-state index in [2.05, 4.69) is 10.3 Å². The number of carbonyl (C=O) groups excluding carboxylic acids is 1. The highest BCUT2D eigenvalue weighted by Crippen LogP contribution is 2.23. The van der Waals surface area contributed by atoms with E-state index in [0.29, 0.717) is 18.7 Å². The summed E-state index contributed by atoms with van der Waals surface area (Å²) < 4.78 is 13.3. The van der Waals surface area contributed by atoms with E-state index < -0.39 is 0 Å². The van der Waals surface area contributed by atoms with E-state index in [1.165, 1.54) is 25.0 Å². The molecule has 0 aliphatic carbocycles. The van der Waals surface area contributed by atoms with Crippen LogP contribution in [-0.4, -0.2) is 33.9 Å². The van der Waals surface area contributed by atoms with Crippen LogP contribution in [0.3, 0.4) is 0 Å². The molecule has 1 atom stereocenters. The first-order chi connectivity index (χ1) is 12.7. The third-order valence-corrected chi connectivity index (χ3v) is 5.17. The number of amides is 1. The van der Waals surface area contributed by atoms with Gasteiger partial charge in [-0.25, -0.2) is 14.4 Å². The van der Waals surface area contributed by atoms with E-state index in [9.17, 15) is 9.18 Å². The molecule has 6 heteroatoms. The van der Waals surface area contributed by atoms with Crippen molar-refractivity contribution >= 4 is 5.91 Å². The maximum absolute atomic E-state index is 13.3. The molecule has 0 bridgehead atoms. The lowest BCUT2D eigenvalue weighted by molar-refractivity contribution is -0.131. The van der Waals surface area contributed by atoms with Crippen LogP contribution >= 0.6 is 0 Å². The third kappa shape index (κ3) is 3.75. The number of rotatable bonds is 3.